The molecule has 0 spiro atoms. The zero-order valence-electron chi connectivity index (χ0n) is 10.2. The van der Waals surface area contributed by atoms with Crippen LogP contribution in [0.25, 0.3) is 0 Å². The van der Waals surface area contributed by atoms with Gasteiger partial charge in [-0.2, -0.15) is 0 Å². The van der Waals surface area contributed by atoms with Gasteiger partial charge in [-0.25, -0.2) is 0 Å². The first-order valence-corrected chi connectivity index (χ1v) is 6.16. The Bertz CT molecular complexity index is 315. The van der Waals surface area contributed by atoms with Gasteiger partial charge >= 0.3 is 0 Å². The Morgan fingerprint density at radius 3 is 2.69 bits per heavy atom. The number of hydrogen-bond acceptors (Lipinski definition) is 2. The molecule has 0 saturated heterocycles. The van der Waals surface area contributed by atoms with Gasteiger partial charge in [-0.15, -0.1) is 11.6 Å². The molecule has 1 aromatic carbocycles. The zero-order valence-corrected chi connectivity index (χ0v) is 10.9. The molecule has 1 aromatic rings. The Balaban J connectivity index is 2.43. The molecule has 0 saturated carbocycles. The summed E-state index contributed by atoms with van der Waals surface area (Å²) in [6.45, 7) is 6.86. The maximum absolute atomic E-state index is 5.87. The molecule has 16 heavy (non-hydrogen) atoms. The monoisotopic (exact) mass is 241 g/mol. The highest BCUT2D eigenvalue weighted by Crippen LogP contribution is 2.12. The van der Waals surface area contributed by atoms with Gasteiger partial charge < -0.3 is 10.1 Å². The van der Waals surface area contributed by atoms with Gasteiger partial charge in [0.1, 0.15) is 12.4 Å². The molecule has 0 fully saturated rings. The summed E-state index contributed by atoms with van der Waals surface area (Å²) in [6, 6.07) is 8.66. The van der Waals surface area contributed by atoms with Crippen LogP contribution in [0.2, 0.25) is 0 Å². The first-order valence-electron chi connectivity index (χ1n) is 5.63. The van der Waals surface area contributed by atoms with Crippen LogP contribution in [-0.4, -0.2) is 24.6 Å². The smallest absolute Gasteiger partial charge is 0.119 e. The van der Waals surface area contributed by atoms with Gasteiger partial charge in [0, 0.05) is 11.9 Å². The highest BCUT2D eigenvalue weighted by atomic mass is 35.5. The van der Waals surface area contributed by atoms with Crippen LogP contribution >= 0.6 is 11.6 Å². The lowest BCUT2D eigenvalue weighted by molar-refractivity contribution is 0.267. The topological polar surface area (TPSA) is 21.3 Å². The summed E-state index contributed by atoms with van der Waals surface area (Å²) in [6.07, 6.45) is 0. The number of nitrogens with one attached hydrogen (secondary N) is 1. The summed E-state index contributed by atoms with van der Waals surface area (Å²) in [5.41, 5.74) is 1.21. The minimum atomic E-state index is 0.196. The highest BCUT2D eigenvalue weighted by molar-refractivity contribution is 6.18. The van der Waals surface area contributed by atoms with Crippen LogP contribution in [0, 0.1) is 6.92 Å². The van der Waals surface area contributed by atoms with Crippen LogP contribution in [0.15, 0.2) is 24.3 Å². The number of ether oxygens (including phenoxy) is 1. The second-order valence-electron chi connectivity index (χ2n) is 4.30. The van der Waals surface area contributed by atoms with Crippen LogP contribution in [0.3, 0.4) is 0 Å². The Labute approximate surface area is 103 Å². The normalized spacial score (nSPS) is 12.8. The van der Waals surface area contributed by atoms with Crippen LogP contribution in [0.1, 0.15) is 19.4 Å². The largest absolute Gasteiger partial charge is 0.492 e. The van der Waals surface area contributed by atoms with Gasteiger partial charge in [-0.1, -0.05) is 26.0 Å². The van der Waals surface area contributed by atoms with Crippen molar-refractivity contribution < 1.29 is 4.74 Å². The molecular weight excluding hydrogens is 222 g/mol. The van der Waals surface area contributed by atoms with E-state index in [4.69, 9.17) is 16.3 Å². The van der Waals surface area contributed by atoms with E-state index < -0.39 is 0 Å². The van der Waals surface area contributed by atoms with Gasteiger partial charge in [0.25, 0.3) is 0 Å². The molecule has 1 N–H and O–H groups in total. The average Bonchev–Trinajstić information content (AvgIpc) is 2.24. The summed E-state index contributed by atoms with van der Waals surface area (Å²) in [4.78, 5) is 0. The predicted molar refractivity (Wildman–Crippen MR) is 69.5 cm³/mol. The average molecular weight is 242 g/mol. The molecule has 2 nitrogen and oxygen atoms in total. The van der Waals surface area contributed by atoms with E-state index >= 15 is 0 Å². The fourth-order valence-electron chi connectivity index (χ4n) is 1.51. The summed E-state index contributed by atoms with van der Waals surface area (Å²) in [7, 11) is 0. The van der Waals surface area contributed by atoms with Crippen molar-refractivity contribution in [2.45, 2.75) is 32.9 Å². The van der Waals surface area contributed by atoms with Crippen LogP contribution in [0.4, 0.5) is 0 Å². The van der Waals surface area contributed by atoms with Crippen molar-refractivity contribution in [3.63, 3.8) is 0 Å². The molecule has 0 unspecified atom stereocenters. The number of halogens is 1. The molecule has 0 aliphatic rings. The van der Waals surface area contributed by atoms with Gasteiger partial charge in [0.15, 0.2) is 0 Å². The maximum Gasteiger partial charge on any atom is 0.119 e. The van der Waals surface area contributed by atoms with E-state index in [9.17, 15) is 0 Å². The number of aryl methyl sites for hydroxylation is 1. The molecule has 0 heterocycles. The molecule has 90 valence electrons. The standard InChI is InChI=1S/C13H20ClNO/c1-10(2)15-12(8-14)9-16-13-6-4-5-11(3)7-13/h4-7,10,12,15H,8-9H2,1-3H3/t12-/m0/s1. The predicted octanol–water partition coefficient (Wildman–Crippen LogP) is 2.98. The third-order valence-corrected chi connectivity index (χ3v) is 2.57. The molecule has 0 aliphatic carbocycles. The molecule has 0 radical (unpaired) electrons. The first-order chi connectivity index (χ1) is 7.61. The first kappa shape index (κ1) is 13.3. The molecule has 0 amide bonds. The minimum absolute atomic E-state index is 0.196. The van der Waals surface area contributed by atoms with Crippen LogP contribution in [-0.2, 0) is 0 Å². The quantitative estimate of drug-likeness (QED) is 0.774. The van der Waals surface area contributed by atoms with Crippen LogP contribution in [0.5, 0.6) is 5.75 Å². The van der Waals surface area contributed by atoms with Gasteiger partial charge in [-0.05, 0) is 24.6 Å². The van der Waals surface area contributed by atoms with Crippen LogP contribution < -0.4 is 10.1 Å². The molecule has 1 rings (SSSR count). The summed E-state index contributed by atoms with van der Waals surface area (Å²) in [5, 5.41) is 3.36. The molecule has 3 heteroatoms. The molecule has 0 aromatic heterocycles. The number of rotatable bonds is 6. The van der Waals surface area contributed by atoms with Crippen molar-refractivity contribution in [1.29, 1.82) is 0 Å². The third-order valence-electron chi connectivity index (χ3n) is 2.20. The van der Waals surface area contributed by atoms with E-state index in [0.717, 1.165) is 5.75 Å². The second-order valence-corrected chi connectivity index (χ2v) is 4.61. The fourth-order valence-corrected chi connectivity index (χ4v) is 1.69. The summed E-state index contributed by atoms with van der Waals surface area (Å²) < 4.78 is 5.69. The fraction of sp³-hybridized carbons (Fsp3) is 0.538. The van der Waals surface area contributed by atoms with E-state index in [2.05, 4.69) is 32.2 Å². The van der Waals surface area contributed by atoms with Gasteiger partial charge in [0.2, 0.25) is 0 Å². The Hall–Kier alpha value is -0.730. The zero-order chi connectivity index (χ0) is 12.0. The maximum atomic E-state index is 5.87. The lowest BCUT2D eigenvalue weighted by Gasteiger charge is -2.19. The second kappa shape index (κ2) is 6.77. The van der Waals surface area contributed by atoms with Crippen molar-refractivity contribution in [3.8, 4) is 5.75 Å². The van der Waals surface area contributed by atoms with Crippen molar-refractivity contribution in [3.05, 3.63) is 29.8 Å². The minimum Gasteiger partial charge on any atom is -0.492 e. The van der Waals surface area contributed by atoms with Gasteiger partial charge in [0.05, 0.1) is 6.04 Å². The number of benzene rings is 1. The van der Waals surface area contributed by atoms with Crippen molar-refractivity contribution in [2.24, 2.45) is 0 Å². The van der Waals surface area contributed by atoms with E-state index in [1.54, 1.807) is 0 Å². The summed E-state index contributed by atoms with van der Waals surface area (Å²) in [5.74, 6) is 1.46. The molecule has 1 atom stereocenters. The Morgan fingerprint density at radius 2 is 2.12 bits per heavy atom. The van der Waals surface area contributed by atoms with Crippen molar-refractivity contribution in [2.75, 3.05) is 12.5 Å². The SMILES string of the molecule is Cc1cccc(OC[C@H](CCl)NC(C)C)c1. The molecular formula is C13H20ClNO. The van der Waals surface area contributed by atoms with Gasteiger partial charge in [-0.3, -0.25) is 0 Å². The van der Waals surface area contributed by atoms with E-state index in [1.165, 1.54) is 5.56 Å². The summed E-state index contributed by atoms with van der Waals surface area (Å²) >= 11 is 5.87. The lowest BCUT2D eigenvalue weighted by Crippen LogP contribution is -2.40. The Morgan fingerprint density at radius 1 is 1.38 bits per heavy atom. The van der Waals surface area contributed by atoms with E-state index in [-0.39, 0.29) is 6.04 Å². The van der Waals surface area contributed by atoms with Crippen molar-refractivity contribution in [1.82, 2.24) is 5.32 Å². The van der Waals surface area contributed by atoms with E-state index in [0.29, 0.717) is 18.5 Å². The van der Waals surface area contributed by atoms with E-state index in [1.807, 2.05) is 18.2 Å². The third kappa shape index (κ3) is 4.86. The molecule has 0 aliphatic heterocycles. The number of alkyl halides is 1. The Kier molecular flexibility index (Phi) is 5.64. The molecule has 0 bridgehead atoms. The lowest BCUT2D eigenvalue weighted by atomic mass is 10.2. The van der Waals surface area contributed by atoms with Crippen molar-refractivity contribution >= 4 is 11.6 Å². The number of hydrogen-bond donors (Lipinski definition) is 1. The highest BCUT2D eigenvalue weighted by Gasteiger charge is 2.09.